The van der Waals surface area contributed by atoms with Gasteiger partial charge in [-0.3, -0.25) is 0 Å². The molecular formula is C41H41IrN4. The second-order valence-corrected chi connectivity index (χ2v) is 13.9. The fourth-order valence-electron chi connectivity index (χ4n) is 7.27. The molecule has 0 N–H and O–H groups in total. The predicted octanol–water partition coefficient (Wildman–Crippen LogP) is 10.5. The fourth-order valence-corrected chi connectivity index (χ4v) is 7.27. The van der Waals surface area contributed by atoms with E-state index >= 15 is 0 Å². The maximum Gasteiger partial charge on any atom is 3.00 e. The van der Waals surface area contributed by atoms with Crippen LogP contribution in [0, 0.1) is 32.6 Å². The summed E-state index contributed by atoms with van der Waals surface area (Å²) in [5.41, 5.74) is 15.2. The molecule has 0 spiro atoms. The molecule has 5 heteroatoms. The zero-order chi connectivity index (χ0) is 31.5. The van der Waals surface area contributed by atoms with Gasteiger partial charge in [-0.1, -0.05) is 69.5 Å². The third kappa shape index (κ3) is 5.44. The van der Waals surface area contributed by atoms with Crippen LogP contribution in [0.1, 0.15) is 62.8 Å². The average Bonchev–Trinajstić information content (AvgIpc) is 3.43. The molecule has 0 atom stereocenters. The maximum atomic E-state index is 4.22. The van der Waals surface area contributed by atoms with Gasteiger partial charge in [0.05, 0.1) is 11.4 Å². The number of para-hydroxylation sites is 1. The van der Waals surface area contributed by atoms with Crippen LogP contribution >= 0.6 is 0 Å². The number of rotatable bonds is 2. The van der Waals surface area contributed by atoms with Crippen molar-refractivity contribution in [3.63, 3.8) is 0 Å². The molecule has 2 aliphatic heterocycles. The van der Waals surface area contributed by atoms with Crippen LogP contribution in [0.3, 0.4) is 0 Å². The van der Waals surface area contributed by atoms with Crippen LogP contribution in [0.15, 0.2) is 91.1 Å². The van der Waals surface area contributed by atoms with Crippen molar-refractivity contribution in [3.8, 4) is 11.3 Å². The standard InChI is InChI=1S/C30H33N3.C11H8N.Ir/c1-19-15-20(2)17-21(16-19)32-18-33-25-12-11-22-26(30(5,6)14-13-29(22,3)4)28(25)31(7)23-9-8-10-24(32)27(23)33;1-2-6-10(7-3-1)11-8-4-5-9-12-11;/h8-11,15-18H,13-14H2,1-7H3;1-6,8-9H;/q-2;-1;+3. The molecule has 0 amide bonds. The zero-order valence-electron chi connectivity index (χ0n) is 27.8. The van der Waals surface area contributed by atoms with E-state index in [1.165, 1.54) is 63.5 Å². The van der Waals surface area contributed by atoms with Gasteiger partial charge in [0.15, 0.2) is 0 Å². The maximum absolute atomic E-state index is 4.22. The Balaban J connectivity index is 0.000000241. The monoisotopic (exact) mass is 782 g/mol. The first kappa shape index (κ1) is 32.0. The Morgan fingerprint density at radius 1 is 0.761 bits per heavy atom. The molecule has 0 radical (unpaired) electrons. The molecule has 234 valence electrons. The first-order valence-electron chi connectivity index (χ1n) is 15.9. The molecule has 0 unspecified atom stereocenters. The normalized spacial score (nSPS) is 16.4. The largest absolute Gasteiger partial charge is 3.00 e. The molecule has 4 aromatic carbocycles. The van der Waals surface area contributed by atoms with Crippen molar-refractivity contribution >= 4 is 34.1 Å². The second kappa shape index (κ2) is 12.0. The van der Waals surface area contributed by atoms with E-state index < -0.39 is 0 Å². The minimum absolute atomic E-state index is 0. The van der Waals surface area contributed by atoms with Gasteiger partial charge in [0, 0.05) is 17.6 Å². The summed E-state index contributed by atoms with van der Waals surface area (Å²) in [6.45, 7) is 16.2. The summed E-state index contributed by atoms with van der Waals surface area (Å²) in [5, 5.41) is 0. The molecule has 1 aliphatic carbocycles. The van der Waals surface area contributed by atoms with Crippen molar-refractivity contribution in [2.45, 2.75) is 65.2 Å². The Hall–Kier alpha value is -3.92. The Morgan fingerprint density at radius 2 is 1.48 bits per heavy atom. The van der Waals surface area contributed by atoms with Gasteiger partial charge in [-0.05, 0) is 85.6 Å². The Morgan fingerprint density at radius 3 is 2.17 bits per heavy atom. The molecule has 3 heterocycles. The number of pyridine rings is 1. The summed E-state index contributed by atoms with van der Waals surface area (Å²) >= 11 is 0. The van der Waals surface area contributed by atoms with Gasteiger partial charge in [0.25, 0.3) is 0 Å². The quantitative estimate of drug-likeness (QED) is 0.166. The fraction of sp³-hybridized carbons (Fsp3) is 0.268. The minimum atomic E-state index is 0. The van der Waals surface area contributed by atoms with Gasteiger partial charge in [0.1, 0.15) is 0 Å². The number of aromatic nitrogens is 1. The summed E-state index contributed by atoms with van der Waals surface area (Å²) in [4.78, 5) is 11.3. The van der Waals surface area contributed by atoms with Crippen LogP contribution in [0.25, 0.3) is 11.3 Å². The van der Waals surface area contributed by atoms with Crippen LogP contribution in [-0.4, -0.2) is 12.0 Å². The third-order valence-electron chi connectivity index (χ3n) is 9.66. The molecule has 1 aromatic heterocycles. The van der Waals surface area contributed by atoms with Crippen LogP contribution in [0.5, 0.6) is 0 Å². The first-order valence-corrected chi connectivity index (χ1v) is 15.9. The first-order chi connectivity index (χ1) is 21.5. The van der Waals surface area contributed by atoms with Crippen molar-refractivity contribution in [2.75, 3.05) is 21.7 Å². The van der Waals surface area contributed by atoms with Gasteiger partial charge in [-0.2, -0.15) is 12.1 Å². The van der Waals surface area contributed by atoms with Gasteiger partial charge >= 0.3 is 20.1 Å². The number of fused-ring (bicyclic) bond motifs is 4. The molecule has 0 fully saturated rings. The van der Waals surface area contributed by atoms with Gasteiger partial charge < -0.3 is 19.7 Å². The molecule has 5 aromatic rings. The topological polar surface area (TPSA) is 22.6 Å². The predicted molar refractivity (Wildman–Crippen MR) is 188 cm³/mol. The second-order valence-electron chi connectivity index (χ2n) is 13.9. The Bertz CT molecular complexity index is 1820. The number of hydrogen-bond donors (Lipinski definition) is 0. The molecule has 0 saturated heterocycles. The molecule has 0 bridgehead atoms. The van der Waals surface area contributed by atoms with Crippen LogP contribution in [0.2, 0.25) is 0 Å². The van der Waals surface area contributed by atoms with E-state index in [0.29, 0.717) is 0 Å². The van der Waals surface area contributed by atoms with Gasteiger partial charge in [-0.25, -0.2) is 0 Å². The van der Waals surface area contributed by atoms with Crippen LogP contribution in [-0.2, 0) is 30.9 Å². The minimum Gasteiger partial charge on any atom is -0.490 e. The number of anilines is 6. The van der Waals surface area contributed by atoms with Crippen molar-refractivity contribution in [3.05, 3.63) is 132 Å². The van der Waals surface area contributed by atoms with Crippen molar-refractivity contribution in [2.24, 2.45) is 0 Å². The molecule has 4 nitrogen and oxygen atoms in total. The van der Waals surface area contributed by atoms with Gasteiger partial charge in [0.2, 0.25) is 0 Å². The summed E-state index contributed by atoms with van der Waals surface area (Å²) in [7, 11) is 2.23. The van der Waals surface area contributed by atoms with Crippen molar-refractivity contribution in [1.82, 2.24) is 4.98 Å². The van der Waals surface area contributed by atoms with Crippen LogP contribution in [0.4, 0.5) is 34.1 Å². The number of benzene rings is 4. The summed E-state index contributed by atoms with van der Waals surface area (Å²) in [5.74, 6) is 0. The van der Waals surface area contributed by atoms with E-state index in [2.05, 4.69) is 130 Å². The van der Waals surface area contributed by atoms with Gasteiger partial charge in [-0.15, -0.1) is 53.7 Å². The summed E-state index contributed by atoms with van der Waals surface area (Å²) in [6, 6.07) is 36.3. The summed E-state index contributed by atoms with van der Waals surface area (Å²) < 4.78 is 0. The van der Waals surface area contributed by atoms with E-state index in [1.54, 1.807) is 6.20 Å². The molecule has 0 saturated carbocycles. The smallest absolute Gasteiger partial charge is 0.490 e. The number of aryl methyl sites for hydroxylation is 2. The average molecular weight is 782 g/mol. The number of hydrogen-bond acceptors (Lipinski definition) is 4. The Labute approximate surface area is 288 Å². The zero-order valence-corrected chi connectivity index (χ0v) is 30.2. The Kier molecular flexibility index (Phi) is 8.37. The molecule has 8 rings (SSSR count). The number of nitrogens with zero attached hydrogens (tertiary/aromatic N) is 4. The van der Waals surface area contributed by atoms with E-state index in [9.17, 15) is 0 Å². The summed E-state index contributed by atoms with van der Waals surface area (Å²) in [6.07, 6.45) is 4.19. The third-order valence-corrected chi connectivity index (χ3v) is 9.66. The molecular weight excluding hydrogens is 741 g/mol. The van der Waals surface area contributed by atoms with Crippen molar-refractivity contribution < 1.29 is 20.1 Å². The van der Waals surface area contributed by atoms with E-state index in [4.69, 9.17) is 0 Å². The van der Waals surface area contributed by atoms with E-state index in [1.807, 2.05) is 42.5 Å². The van der Waals surface area contributed by atoms with E-state index in [-0.39, 0.29) is 30.9 Å². The van der Waals surface area contributed by atoms with Crippen molar-refractivity contribution in [1.29, 1.82) is 0 Å². The molecule has 46 heavy (non-hydrogen) atoms. The molecule has 3 aliphatic rings. The van der Waals surface area contributed by atoms with Crippen LogP contribution < -0.4 is 14.7 Å². The SMILES string of the molecule is Cc1cc(C)cc(N2[CH-]N3c4[c-]cc5c(c4N(C)c4cccc2c43)C(C)(C)CCC5(C)C)c1.[Ir+3].[c-]1ccccc1-c1ccccn1. The van der Waals surface area contributed by atoms with E-state index in [0.717, 1.165) is 16.9 Å².